The normalized spacial score (nSPS) is 12.3. The molecule has 3 amide bonds. The fourth-order valence-corrected chi connectivity index (χ4v) is 3.71. The van der Waals surface area contributed by atoms with Crippen LogP contribution in [0.5, 0.6) is 0 Å². The summed E-state index contributed by atoms with van der Waals surface area (Å²) < 4.78 is 2.04. The topological polar surface area (TPSA) is 126 Å². The number of nitrogens with zero attached hydrogens (tertiary/aromatic N) is 3. The number of carbonyl (C=O) groups excluding carboxylic acids is 2. The van der Waals surface area contributed by atoms with Crippen LogP contribution in [0.25, 0.3) is 0 Å². The number of thiophene rings is 1. The highest BCUT2D eigenvalue weighted by atomic mass is 32.1. The van der Waals surface area contributed by atoms with Crippen LogP contribution in [0.1, 0.15) is 22.6 Å². The Bertz CT molecular complexity index is 1030. The molecule has 3 heterocycles. The van der Waals surface area contributed by atoms with Gasteiger partial charge in [-0.3, -0.25) is 19.5 Å². The fraction of sp³-hybridized carbons (Fsp3) is 0.353. The average Bonchev–Trinajstić information content (AvgIpc) is 3.31. The number of hydrogen-bond acceptors (Lipinski definition) is 6. The molecular weight excluding hydrogens is 370 g/mol. The van der Waals surface area contributed by atoms with Crippen LogP contribution in [0.3, 0.4) is 0 Å². The maximum atomic E-state index is 12.4. The van der Waals surface area contributed by atoms with Crippen molar-refractivity contribution in [2.45, 2.75) is 32.4 Å². The number of nitriles is 1. The quantitative estimate of drug-likeness (QED) is 0.744. The minimum Gasteiger partial charge on any atom is -0.337 e. The number of urea groups is 1. The Labute approximate surface area is 157 Å². The summed E-state index contributed by atoms with van der Waals surface area (Å²) in [5, 5.41) is 15.8. The second-order valence-corrected chi connectivity index (χ2v) is 7.03. The highest BCUT2D eigenvalue weighted by Gasteiger charge is 2.23. The summed E-state index contributed by atoms with van der Waals surface area (Å²) >= 11 is 1.57. The molecule has 2 N–H and O–H groups in total. The molecule has 0 aliphatic carbocycles. The van der Waals surface area contributed by atoms with E-state index >= 15 is 0 Å². The van der Waals surface area contributed by atoms with Crippen LogP contribution in [0, 0.1) is 11.3 Å². The number of rotatable bonds is 5. The van der Waals surface area contributed by atoms with Gasteiger partial charge in [-0.15, -0.1) is 11.3 Å². The van der Waals surface area contributed by atoms with Crippen molar-refractivity contribution in [1.29, 1.82) is 5.26 Å². The van der Waals surface area contributed by atoms with Crippen LogP contribution in [-0.4, -0.2) is 27.6 Å². The van der Waals surface area contributed by atoms with Crippen molar-refractivity contribution >= 4 is 23.3 Å². The van der Waals surface area contributed by atoms with Gasteiger partial charge in [-0.25, -0.2) is 14.2 Å². The molecule has 27 heavy (non-hydrogen) atoms. The van der Waals surface area contributed by atoms with Gasteiger partial charge in [-0.2, -0.15) is 5.26 Å². The number of hydrogen-bond donors (Lipinski definition) is 2. The lowest BCUT2D eigenvalue weighted by Gasteiger charge is -2.11. The summed E-state index contributed by atoms with van der Waals surface area (Å²) in [6.07, 6.45) is 1.77. The van der Waals surface area contributed by atoms with Crippen LogP contribution in [0.4, 0.5) is 4.79 Å². The zero-order valence-electron chi connectivity index (χ0n) is 14.4. The summed E-state index contributed by atoms with van der Waals surface area (Å²) in [7, 11) is 0. The first-order chi connectivity index (χ1) is 13.0. The van der Waals surface area contributed by atoms with Crippen molar-refractivity contribution in [3.8, 4) is 6.07 Å². The second kappa shape index (κ2) is 8.01. The molecule has 1 aliphatic heterocycles. The Kier molecular flexibility index (Phi) is 5.52. The van der Waals surface area contributed by atoms with E-state index in [0.29, 0.717) is 42.6 Å². The SMILES string of the molecule is N#Cc1c2n(c(=O)n(CC(=O)NC(=O)NCCc3cccs3)c1=O)CCC2. The van der Waals surface area contributed by atoms with Crippen LogP contribution in [0.2, 0.25) is 0 Å². The number of carbonyl (C=O) groups is 2. The summed E-state index contributed by atoms with van der Waals surface area (Å²) in [6.45, 7) is 0.124. The van der Waals surface area contributed by atoms with Gasteiger partial charge in [0.25, 0.3) is 5.56 Å². The van der Waals surface area contributed by atoms with Crippen LogP contribution >= 0.6 is 11.3 Å². The van der Waals surface area contributed by atoms with E-state index in [2.05, 4.69) is 10.6 Å². The molecule has 0 bridgehead atoms. The molecule has 0 spiro atoms. The Morgan fingerprint density at radius 1 is 1.33 bits per heavy atom. The molecule has 0 atom stereocenters. The second-order valence-electron chi connectivity index (χ2n) is 6.00. The largest absolute Gasteiger partial charge is 0.337 e. The number of amides is 3. The lowest BCUT2D eigenvalue weighted by Crippen LogP contribution is -2.47. The molecule has 140 valence electrons. The third-order valence-electron chi connectivity index (χ3n) is 4.23. The van der Waals surface area contributed by atoms with Crippen LogP contribution in [0.15, 0.2) is 27.1 Å². The lowest BCUT2D eigenvalue weighted by molar-refractivity contribution is -0.120. The molecule has 0 saturated carbocycles. The Hall–Kier alpha value is -3.19. The highest BCUT2D eigenvalue weighted by Crippen LogP contribution is 2.13. The van der Waals surface area contributed by atoms with E-state index in [-0.39, 0.29) is 5.56 Å². The average molecular weight is 387 g/mol. The van der Waals surface area contributed by atoms with Crippen molar-refractivity contribution < 1.29 is 9.59 Å². The molecule has 2 aromatic heterocycles. The lowest BCUT2D eigenvalue weighted by atomic mass is 10.2. The fourth-order valence-electron chi connectivity index (χ4n) is 3.00. The van der Waals surface area contributed by atoms with Gasteiger partial charge in [0, 0.05) is 23.7 Å². The Morgan fingerprint density at radius 3 is 2.85 bits per heavy atom. The summed E-state index contributed by atoms with van der Waals surface area (Å²) in [5.41, 5.74) is -1.15. The third kappa shape index (κ3) is 3.98. The molecule has 1 aliphatic rings. The van der Waals surface area contributed by atoms with Gasteiger partial charge in [0.1, 0.15) is 18.2 Å². The van der Waals surface area contributed by atoms with E-state index in [9.17, 15) is 24.4 Å². The molecule has 2 aromatic rings. The monoisotopic (exact) mass is 387 g/mol. The minimum absolute atomic E-state index is 0.125. The number of fused-ring (bicyclic) bond motifs is 1. The number of imide groups is 1. The number of aromatic nitrogens is 2. The van der Waals surface area contributed by atoms with Crippen molar-refractivity contribution in [2.75, 3.05) is 6.54 Å². The predicted octanol–water partition coefficient (Wildman–Crippen LogP) is -0.0421. The Morgan fingerprint density at radius 2 is 2.15 bits per heavy atom. The van der Waals surface area contributed by atoms with Crippen molar-refractivity contribution in [3.63, 3.8) is 0 Å². The molecule has 0 fully saturated rings. The maximum Gasteiger partial charge on any atom is 0.331 e. The first-order valence-electron chi connectivity index (χ1n) is 8.38. The molecule has 3 rings (SSSR count). The third-order valence-corrected chi connectivity index (χ3v) is 5.17. The van der Waals surface area contributed by atoms with E-state index in [1.54, 1.807) is 11.3 Å². The van der Waals surface area contributed by atoms with Crippen molar-refractivity contribution in [2.24, 2.45) is 0 Å². The highest BCUT2D eigenvalue weighted by molar-refractivity contribution is 7.09. The van der Waals surface area contributed by atoms with Gasteiger partial charge < -0.3 is 5.32 Å². The molecule has 0 aromatic carbocycles. The zero-order chi connectivity index (χ0) is 19.4. The standard InChI is InChI=1S/C17H17N5O4S/c18-9-12-13-4-1-7-21(13)17(26)22(15(12)24)10-14(23)20-16(25)19-6-5-11-3-2-8-27-11/h2-3,8H,1,4-7,10H2,(H2,19,20,23,25). The van der Waals surface area contributed by atoms with E-state index < -0.39 is 29.7 Å². The summed E-state index contributed by atoms with van der Waals surface area (Å²) in [5.74, 6) is -0.801. The molecule has 10 heteroatoms. The molecule has 0 unspecified atom stereocenters. The molecular formula is C17H17N5O4S. The first kappa shape index (κ1) is 18.6. The van der Waals surface area contributed by atoms with Crippen LogP contribution in [-0.2, 0) is 30.7 Å². The molecule has 0 radical (unpaired) electrons. The smallest absolute Gasteiger partial charge is 0.331 e. The van der Waals surface area contributed by atoms with Crippen LogP contribution < -0.4 is 21.9 Å². The summed E-state index contributed by atoms with van der Waals surface area (Å²) in [6, 6.07) is 4.96. The Balaban J connectivity index is 1.64. The van der Waals surface area contributed by atoms with E-state index in [1.807, 2.05) is 23.6 Å². The van der Waals surface area contributed by atoms with E-state index in [1.165, 1.54) is 4.57 Å². The van der Waals surface area contributed by atoms with Gasteiger partial charge in [0.2, 0.25) is 5.91 Å². The maximum absolute atomic E-state index is 12.4. The zero-order valence-corrected chi connectivity index (χ0v) is 15.2. The minimum atomic E-state index is -0.802. The summed E-state index contributed by atoms with van der Waals surface area (Å²) in [4.78, 5) is 49.7. The van der Waals surface area contributed by atoms with E-state index in [0.717, 1.165) is 4.88 Å². The molecule has 9 nitrogen and oxygen atoms in total. The predicted molar refractivity (Wildman–Crippen MR) is 97.6 cm³/mol. The van der Waals surface area contributed by atoms with Crippen molar-refractivity contribution in [1.82, 2.24) is 19.8 Å². The van der Waals surface area contributed by atoms with Gasteiger partial charge >= 0.3 is 11.7 Å². The van der Waals surface area contributed by atoms with Gasteiger partial charge in [-0.1, -0.05) is 6.07 Å². The van der Waals surface area contributed by atoms with Gasteiger partial charge in [-0.05, 0) is 30.7 Å². The van der Waals surface area contributed by atoms with Gasteiger partial charge in [0.15, 0.2) is 0 Å². The molecule has 0 saturated heterocycles. The van der Waals surface area contributed by atoms with E-state index in [4.69, 9.17) is 0 Å². The first-order valence-corrected chi connectivity index (χ1v) is 9.26. The van der Waals surface area contributed by atoms with Crippen molar-refractivity contribution in [3.05, 3.63) is 54.5 Å². The number of nitrogens with one attached hydrogen (secondary N) is 2. The van der Waals surface area contributed by atoms with Gasteiger partial charge in [0.05, 0.1) is 0 Å².